The first-order valence-electron chi connectivity index (χ1n) is 24.2. The number of hydrogen-bond acceptors (Lipinski definition) is 18. The zero-order valence-corrected chi connectivity index (χ0v) is 42.1. The first-order valence-corrected chi connectivity index (χ1v) is 24.2. The maximum absolute atomic E-state index is 13.6. The van der Waals surface area contributed by atoms with Crippen molar-refractivity contribution in [3.05, 3.63) is 24.3 Å². The van der Waals surface area contributed by atoms with Crippen LogP contribution in [0.5, 0.6) is 0 Å². The highest BCUT2D eigenvalue weighted by molar-refractivity contribution is 5.72. The first-order chi connectivity index (χ1) is 31.6. The third kappa shape index (κ3) is 15.8. The highest BCUT2D eigenvalue weighted by atomic mass is 16.7. The molecule has 3 saturated heterocycles. The Bertz CT molecular complexity index is 1630. The fourth-order valence-corrected chi connectivity index (χ4v) is 9.88. The van der Waals surface area contributed by atoms with E-state index in [1.807, 2.05) is 52.2 Å². The summed E-state index contributed by atoms with van der Waals surface area (Å²) in [7, 11) is 9.02. The second kappa shape index (κ2) is 26.4. The van der Waals surface area contributed by atoms with Crippen LogP contribution in [0.1, 0.15) is 113 Å². The van der Waals surface area contributed by atoms with E-state index >= 15 is 0 Å². The molecule has 2 N–H and O–H groups in total. The highest BCUT2D eigenvalue weighted by Gasteiger charge is 2.53. The molecule has 0 aromatic rings. The summed E-state index contributed by atoms with van der Waals surface area (Å²) >= 11 is 0. The molecule has 384 valence electrons. The van der Waals surface area contributed by atoms with Crippen LogP contribution >= 0.6 is 0 Å². The van der Waals surface area contributed by atoms with Gasteiger partial charge in [-0.2, -0.15) is 0 Å². The van der Waals surface area contributed by atoms with Crippen molar-refractivity contribution in [2.24, 2.45) is 11.8 Å². The van der Waals surface area contributed by atoms with Gasteiger partial charge in [-0.15, -0.1) is 0 Å². The van der Waals surface area contributed by atoms with E-state index in [-0.39, 0.29) is 50.2 Å². The fourth-order valence-electron chi connectivity index (χ4n) is 9.88. The summed E-state index contributed by atoms with van der Waals surface area (Å²) in [6, 6.07) is -0.546. The largest absolute Gasteiger partial charge is 0.462 e. The number of rotatable bonds is 15. The molecule has 0 spiro atoms. The van der Waals surface area contributed by atoms with Gasteiger partial charge in [0.15, 0.2) is 25.0 Å². The molecule has 0 aliphatic carbocycles. The summed E-state index contributed by atoms with van der Waals surface area (Å²) in [6.45, 7) is 14.1. The van der Waals surface area contributed by atoms with E-state index in [4.69, 9.17) is 47.4 Å². The molecular formula is C49H82N2O16. The molecule has 18 heteroatoms. The van der Waals surface area contributed by atoms with Crippen molar-refractivity contribution in [1.82, 2.24) is 9.80 Å². The van der Waals surface area contributed by atoms with E-state index in [9.17, 15) is 29.4 Å². The maximum atomic E-state index is 13.6. The van der Waals surface area contributed by atoms with Crippen LogP contribution in [0, 0.1) is 11.8 Å². The number of hydrogen-bond donors (Lipinski definition) is 2. The third-order valence-electron chi connectivity index (χ3n) is 13.4. The summed E-state index contributed by atoms with van der Waals surface area (Å²) < 4.78 is 62.7. The number of methoxy groups -OCH3 is 1. The molecule has 19 atom stereocenters. The lowest BCUT2D eigenvalue weighted by molar-refractivity contribution is -0.344. The quantitative estimate of drug-likeness (QED) is 0.134. The summed E-state index contributed by atoms with van der Waals surface area (Å²) in [5.41, 5.74) is -1.50. The molecule has 3 fully saturated rings. The van der Waals surface area contributed by atoms with Crippen LogP contribution in [0.15, 0.2) is 24.3 Å². The lowest BCUT2D eigenvalue weighted by atomic mass is 9.82. The summed E-state index contributed by atoms with van der Waals surface area (Å²) in [6.07, 6.45) is -1.74. The van der Waals surface area contributed by atoms with E-state index in [2.05, 4.69) is 4.90 Å². The lowest BCUT2D eigenvalue weighted by Gasteiger charge is -2.50. The van der Waals surface area contributed by atoms with E-state index in [0.29, 0.717) is 19.3 Å². The number of esters is 3. The number of nitrogens with zero attached hydrogens (tertiary/aromatic N) is 2. The average Bonchev–Trinajstić information content (AvgIpc) is 3.24. The zero-order valence-electron chi connectivity index (χ0n) is 42.1. The van der Waals surface area contributed by atoms with Crippen LogP contribution in [0.4, 0.5) is 0 Å². The Kier molecular flexibility index (Phi) is 22.3. The van der Waals surface area contributed by atoms with Crippen molar-refractivity contribution >= 4 is 24.2 Å². The molecule has 0 saturated carbocycles. The van der Waals surface area contributed by atoms with Gasteiger partial charge in [0.25, 0.3) is 0 Å². The molecule has 18 nitrogen and oxygen atoms in total. The maximum Gasteiger partial charge on any atom is 0.309 e. The summed E-state index contributed by atoms with van der Waals surface area (Å²) in [5.74, 6) is -2.63. The van der Waals surface area contributed by atoms with Crippen LogP contribution in [0.3, 0.4) is 0 Å². The second-order valence-electron chi connectivity index (χ2n) is 19.4. The molecule has 4 aliphatic heterocycles. The second-order valence-corrected chi connectivity index (χ2v) is 19.4. The minimum Gasteiger partial charge on any atom is -0.462 e. The molecule has 4 rings (SSSR count). The number of allylic oxidation sites excluding steroid dienone is 2. The number of carbonyl (C=O) groups excluding carboxylic acids is 4. The molecule has 4 aliphatic rings. The monoisotopic (exact) mass is 955 g/mol. The van der Waals surface area contributed by atoms with Gasteiger partial charge in [-0.25, -0.2) is 0 Å². The lowest BCUT2D eigenvalue weighted by Crippen LogP contribution is -2.66. The van der Waals surface area contributed by atoms with Gasteiger partial charge in [0.1, 0.15) is 42.4 Å². The van der Waals surface area contributed by atoms with Gasteiger partial charge in [0.2, 0.25) is 0 Å². The SMILES string of the molecule is CCC(=O)OC1CC(=O)OC(C)C/C=C\C=C/C(OC2CCC(N(C)C)C(C)O2)C(C)CC(CC=O)C(OC2OC(C)C(OC3CC(C)(O)C(OC(=O)CC)C(C)O3)C(N(C)C)C2O)C1OC. The fraction of sp³-hybridized carbons (Fsp3) is 0.837. The van der Waals surface area contributed by atoms with Crippen LogP contribution in [-0.4, -0.2) is 183 Å². The molecule has 19 unspecified atom stereocenters. The topological polar surface area (TPSA) is 208 Å². The standard InChI is InChI=1S/C49H82N2O16/c1-14-37(53)63-36-26-39(55)59-29(4)19-17-16-18-20-35(64-40-22-21-34(50(9)10)30(5)60-40)28(3)25-33(23-24-52)45(46(36)58-13)67-48-43(56)42(51(11)12)44(31(6)62-48)66-41-27-49(8,57)47(32(7)61-41)65-38(54)15-2/h16-18,20,24,28-36,40-48,56-57H,14-15,19,21-23,25-27H2,1-13H3/b17-16-,20-18-. The molecular weight excluding hydrogens is 873 g/mol. The van der Waals surface area contributed by atoms with Crippen molar-refractivity contribution in [3.8, 4) is 0 Å². The predicted octanol–water partition coefficient (Wildman–Crippen LogP) is 4.25. The average molecular weight is 955 g/mol. The Balaban J connectivity index is 1.72. The van der Waals surface area contributed by atoms with E-state index in [1.165, 1.54) is 7.11 Å². The summed E-state index contributed by atoms with van der Waals surface area (Å²) in [5, 5.41) is 23.8. The van der Waals surface area contributed by atoms with Gasteiger partial charge in [-0.1, -0.05) is 45.1 Å². The predicted molar refractivity (Wildman–Crippen MR) is 245 cm³/mol. The van der Waals surface area contributed by atoms with Gasteiger partial charge in [-0.05, 0) is 93.9 Å². The smallest absolute Gasteiger partial charge is 0.309 e. The van der Waals surface area contributed by atoms with Gasteiger partial charge < -0.3 is 72.2 Å². The Hall–Kier alpha value is -2.88. The molecule has 67 heavy (non-hydrogen) atoms. The Morgan fingerprint density at radius 1 is 0.851 bits per heavy atom. The Morgan fingerprint density at radius 3 is 2.12 bits per heavy atom. The number of likely N-dealkylation sites (N-methyl/N-ethyl adjacent to an activating group) is 2. The van der Waals surface area contributed by atoms with E-state index in [1.54, 1.807) is 60.5 Å². The van der Waals surface area contributed by atoms with Crippen LogP contribution in [-0.2, 0) is 66.5 Å². The van der Waals surface area contributed by atoms with Crippen LogP contribution in [0.25, 0.3) is 0 Å². The number of cyclic esters (lactones) is 1. The van der Waals surface area contributed by atoms with E-state index in [0.717, 1.165) is 12.7 Å². The Morgan fingerprint density at radius 2 is 1.52 bits per heavy atom. The molecule has 0 amide bonds. The molecule has 4 heterocycles. The number of aliphatic hydroxyl groups excluding tert-OH is 1. The van der Waals surface area contributed by atoms with Gasteiger partial charge >= 0.3 is 17.9 Å². The van der Waals surface area contributed by atoms with Crippen molar-refractivity contribution in [2.75, 3.05) is 35.3 Å². The minimum atomic E-state index is -1.50. The van der Waals surface area contributed by atoms with Crippen molar-refractivity contribution in [1.29, 1.82) is 0 Å². The molecule has 0 radical (unpaired) electrons. The van der Waals surface area contributed by atoms with Gasteiger partial charge in [0, 0.05) is 45.3 Å². The van der Waals surface area contributed by atoms with Crippen molar-refractivity contribution in [2.45, 2.75) is 217 Å². The normalized spacial score (nSPS) is 41.5. The number of carbonyl (C=O) groups is 4. The van der Waals surface area contributed by atoms with Gasteiger partial charge in [0.05, 0.1) is 43.0 Å². The summed E-state index contributed by atoms with van der Waals surface area (Å²) in [4.78, 5) is 55.5. The Labute approximate surface area is 398 Å². The number of aldehydes is 1. The van der Waals surface area contributed by atoms with Gasteiger partial charge in [-0.3, -0.25) is 14.4 Å². The highest BCUT2D eigenvalue weighted by Crippen LogP contribution is 2.38. The first kappa shape index (κ1) is 56.7. The third-order valence-corrected chi connectivity index (χ3v) is 13.4. The zero-order chi connectivity index (χ0) is 49.7. The number of ether oxygens (including phenoxy) is 10. The van der Waals surface area contributed by atoms with Crippen molar-refractivity contribution < 1.29 is 76.8 Å². The van der Waals surface area contributed by atoms with Crippen LogP contribution in [0.2, 0.25) is 0 Å². The molecule has 0 bridgehead atoms. The van der Waals surface area contributed by atoms with Crippen LogP contribution < -0.4 is 0 Å². The minimum absolute atomic E-state index is 0.00331. The molecule has 0 aromatic heterocycles. The van der Waals surface area contributed by atoms with Crippen molar-refractivity contribution in [3.63, 3.8) is 0 Å². The molecule has 0 aromatic carbocycles. The van der Waals surface area contributed by atoms with E-state index < -0.39 is 115 Å². The number of aliphatic hydroxyl groups is 2.